The van der Waals surface area contributed by atoms with Crippen LogP contribution in [-0.2, 0) is 16.0 Å². The molecule has 0 unspecified atom stereocenters. The molecule has 1 aromatic carbocycles. The topological polar surface area (TPSA) is 57.2 Å². The molecular weight excluding hydrogens is 467 g/mol. The summed E-state index contributed by atoms with van der Waals surface area (Å²) in [5.74, 6) is 1.15. The van der Waals surface area contributed by atoms with E-state index >= 15 is 0 Å². The fourth-order valence-electron chi connectivity index (χ4n) is 3.97. The monoisotopic (exact) mass is 500 g/mol. The Hall–Kier alpha value is -1.35. The minimum absolute atomic E-state index is 0. The Morgan fingerprint density at radius 1 is 1.25 bits per heavy atom. The molecule has 28 heavy (non-hydrogen) atoms. The summed E-state index contributed by atoms with van der Waals surface area (Å²) in [6, 6.07) is 8.21. The first kappa shape index (κ1) is 22.9. The maximum Gasteiger partial charge on any atom is 0.227 e. The Balaban J connectivity index is 0.00000280. The molecule has 0 aromatic heterocycles. The lowest BCUT2D eigenvalue weighted by Crippen LogP contribution is -2.47. The normalized spacial score (nSPS) is 17.3. The van der Waals surface area contributed by atoms with Crippen LogP contribution in [0.1, 0.15) is 38.2 Å². The molecule has 2 aliphatic rings. The molecule has 1 fully saturated rings. The lowest BCUT2D eigenvalue weighted by molar-refractivity contribution is -0.118. The van der Waals surface area contributed by atoms with Gasteiger partial charge in [-0.25, -0.2) is 0 Å². The summed E-state index contributed by atoms with van der Waals surface area (Å²) in [6.07, 6.45) is 4.80. The highest BCUT2D eigenvalue weighted by Gasteiger charge is 2.24. The van der Waals surface area contributed by atoms with Crippen LogP contribution >= 0.6 is 24.0 Å². The van der Waals surface area contributed by atoms with E-state index in [1.165, 1.54) is 5.56 Å². The number of hydrogen-bond donors (Lipinski definition) is 1. The van der Waals surface area contributed by atoms with Crippen molar-refractivity contribution >= 4 is 41.5 Å². The summed E-state index contributed by atoms with van der Waals surface area (Å²) in [7, 11) is 1.82. The van der Waals surface area contributed by atoms with E-state index < -0.39 is 0 Å². The number of benzene rings is 1. The van der Waals surface area contributed by atoms with Gasteiger partial charge >= 0.3 is 0 Å². The molecule has 0 radical (unpaired) electrons. The Morgan fingerprint density at radius 2 is 2.00 bits per heavy atom. The van der Waals surface area contributed by atoms with Gasteiger partial charge in [-0.1, -0.05) is 18.2 Å². The smallest absolute Gasteiger partial charge is 0.227 e. The number of fused-ring (bicyclic) bond motifs is 1. The molecule has 1 aromatic rings. The molecule has 7 heteroatoms. The standard InChI is InChI=1S/C21H32N4O2.HI/c1-3-27-18-11-14-24(15-12-18)21(22-2)23-13-6-9-20(26)25-16-10-17-7-4-5-8-19(17)25;/h4-5,7-8,18H,3,6,9-16H2,1-2H3,(H,22,23);1H. The van der Waals surface area contributed by atoms with Gasteiger partial charge in [0.1, 0.15) is 0 Å². The van der Waals surface area contributed by atoms with E-state index in [4.69, 9.17) is 4.74 Å². The molecule has 0 saturated carbocycles. The highest BCUT2D eigenvalue weighted by Crippen LogP contribution is 2.28. The number of carbonyl (C=O) groups is 1. The number of amides is 1. The van der Waals surface area contributed by atoms with Crippen molar-refractivity contribution in [3.8, 4) is 0 Å². The van der Waals surface area contributed by atoms with Gasteiger partial charge in [-0.05, 0) is 44.2 Å². The van der Waals surface area contributed by atoms with Crippen molar-refractivity contribution in [1.29, 1.82) is 0 Å². The summed E-state index contributed by atoms with van der Waals surface area (Å²) >= 11 is 0. The molecule has 3 rings (SSSR count). The van der Waals surface area contributed by atoms with Gasteiger partial charge in [-0.2, -0.15) is 0 Å². The quantitative estimate of drug-likeness (QED) is 0.283. The minimum atomic E-state index is 0. The van der Waals surface area contributed by atoms with Crippen LogP contribution < -0.4 is 10.2 Å². The number of likely N-dealkylation sites (tertiary alicyclic amines) is 1. The van der Waals surface area contributed by atoms with Crippen LogP contribution in [0.15, 0.2) is 29.3 Å². The molecule has 2 aliphatic heterocycles. The van der Waals surface area contributed by atoms with E-state index in [-0.39, 0.29) is 29.9 Å². The predicted molar refractivity (Wildman–Crippen MR) is 125 cm³/mol. The fraction of sp³-hybridized carbons (Fsp3) is 0.619. The van der Waals surface area contributed by atoms with Crippen LogP contribution in [-0.4, -0.2) is 62.7 Å². The van der Waals surface area contributed by atoms with Crippen molar-refractivity contribution in [2.45, 2.75) is 45.1 Å². The van der Waals surface area contributed by atoms with Gasteiger partial charge in [0.15, 0.2) is 5.96 Å². The van der Waals surface area contributed by atoms with E-state index in [0.29, 0.717) is 12.5 Å². The first-order valence-corrected chi connectivity index (χ1v) is 10.2. The SMILES string of the molecule is CCOC1CCN(C(=NC)NCCCC(=O)N2CCc3ccccc32)CC1.I. The van der Waals surface area contributed by atoms with Gasteiger partial charge in [0.05, 0.1) is 6.10 Å². The summed E-state index contributed by atoms with van der Waals surface area (Å²) in [4.78, 5) is 21.2. The number of halogens is 1. The maximum absolute atomic E-state index is 12.6. The lowest BCUT2D eigenvalue weighted by Gasteiger charge is -2.34. The molecule has 1 amide bonds. The van der Waals surface area contributed by atoms with Crippen molar-refractivity contribution < 1.29 is 9.53 Å². The minimum Gasteiger partial charge on any atom is -0.378 e. The van der Waals surface area contributed by atoms with Crippen LogP contribution in [0.5, 0.6) is 0 Å². The maximum atomic E-state index is 12.6. The van der Waals surface area contributed by atoms with Crippen LogP contribution in [0.2, 0.25) is 0 Å². The van der Waals surface area contributed by atoms with Gasteiger partial charge in [0.2, 0.25) is 5.91 Å². The molecule has 1 N–H and O–H groups in total. The van der Waals surface area contributed by atoms with E-state index in [1.807, 2.05) is 30.1 Å². The van der Waals surface area contributed by atoms with Gasteiger partial charge in [-0.3, -0.25) is 9.79 Å². The van der Waals surface area contributed by atoms with Crippen molar-refractivity contribution in [3.05, 3.63) is 29.8 Å². The second kappa shape index (κ2) is 11.6. The van der Waals surface area contributed by atoms with Gasteiger partial charge < -0.3 is 19.9 Å². The number of anilines is 1. The van der Waals surface area contributed by atoms with Gasteiger partial charge in [0, 0.05) is 51.9 Å². The molecule has 2 heterocycles. The fourth-order valence-corrected chi connectivity index (χ4v) is 3.97. The first-order valence-electron chi connectivity index (χ1n) is 10.2. The number of ether oxygens (including phenoxy) is 1. The van der Waals surface area contributed by atoms with E-state index in [9.17, 15) is 4.79 Å². The number of nitrogens with one attached hydrogen (secondary N) is 1. The third-order valence-corrected chi connectivity index (χ3v) is 5.39. The van der Waals surface area contributed by atoms with Crippen molar-refractivity contribution in [2.75, 3.05) is 44.7 Å². The number of carbonyl (C=O) groups excluding carboxylic acids is 1. The van der Waals surface area contributed by atoms with Crippen molar-refractivity contribution in [3.63, 3.8) is 0 Å². The van der Waals surface area contributed by atoms with Crippen LogP contribution in [0, 0.1) is 0 Å². The van der Waals surface area contributed by atoms with Crippen molar-refractivity contribution in [2.24, 2.45) is 4.99 Å². The highest BCUT2D eigenvalue weighted by molar-refractivity contribution is 14.0. The zero-order valence-electron chi connectivity index (χ0n) is 17.0. The number of hydrogen-bond acceptors (Lipinski definition) is 3. The molecule has 6 nitrogen and oxygen atoms in total. The average molecular weight is 500 g/mol. The third-order valence-electron chi connectivity index (χ3n) is 5.39. The highest BCUT2D eigenvalue weighted by atomic mass is 127. The summed E-state index contributed by atoms with van der Waals surface area (Å²) < 4.78 is 5.71. The van der Waals surface area contributed by atoms with E-state index in [0.717, 1.165) is 70.1 Å². The second-order valence-electron chi connectivity index (χ2n) is 7.14. The molecular formula is C21H33IN4O2. The number of rotatable bonds is 6. The van der Waals surface area contributed by atoms with Crippen LogP contribution in [0.4, 0.5) is 5.69 Å². The number of nitrogens with zero attached hydrogens (tertiary/aromatic N) is 3. The number of aliphatic imine (C=N–C) groups is 1. The summed E-state index contributed by atoms with van der Waals surface area (Å²) in [6.45, 7) is 6.34. The Bertz CT molecular complexity index is 660. The number of piperidine rings is 1. The summed E-state index contributed by atoms with van der Waals surface area (Å²) in [5, 5.41) is 3.42. The summed E-state index contributed by atoms with van der Waals surface area (Å²) in [5.41, 5.74) is 2.36. The van der Waals surface area contributed by atoms with Crippen LogP contribution in [0.3, 0.4) is 0 Å². The third kappa shape index (κ3) is 5.83. The van der Waals surface area contributed by atoms with E-state index in [2.05, 4.69) is 28.2 Å². The Kier molecular flexibility index (Phi) is 9.50. The average Bonchev–Trinajstić information content (AvgIpc) is 3.13. The Labute approximate surface area is 185 Å². The zero-order valence-corrected chi connectivity index (χ0v) is 19.4. The Morgan fingerprint density at radius 3 is 2.71 bits per heavy atom. The van der Waals surface area contributed by atoms with Gasteiger partial charge in [0.25, 0.3) is 0 Å². The first-order chi connectivity index (χ1) is 13.2. The zero-order chi connectivity index (χ0) is 19.1. The molecule has 0 bridgehead atoms. The number of guanidine groups is 1. The predicted octanol–water partition coefficient (Wildman–Crippen LogP) is 3.05. The van der Waals surface area contributed by atoms with Gasteiger partial charge in [-0.15, -0.1) is 24.0 Å². The second-order valence-corrected chi connectivity index (χ2v) is 7.14. The molecule has 1 saturated heterocycles. The number of para-hydroxylation sites is 1. The van der Waals surface area contributed by atoms with Crippen LogP contribution in [0.25, 0.3) is 0 Å². The lowest BCUT2D eigenvalue weighted by atomic mass is 10.1. The molecule has 156 valence electrons. The van der Waals surface area contributed by atoms with Crippen molar-refractivity contribution in [1.82, 2.24) is 10.2 Å². The largest absolute Gasteiger partial charge is 0.378 e. The molecule has 0 spiro atoms. The molecule has 0 atom stereocenters. The van der Waals surface area contributed by atoms with E-state index in [1.54, 1.807) is 0 Å². The molecule has 0 aliphatic carbocycles.